The smallest absolute Gasteiger partial charge is 0.0449 e. The molecule has 0 heterocycles. The van der Waals surface area contributed by atoms with E-state index in [0.717, 1.165) is 28.9 Å². The largest absolute Gasteiger partial charge is 0.330 e. The summed E-state index contributed by atoms with van der Waals surface area (Å²) in [6.45, 7) is 2.88. The molecular formula is C11H15BrClN. The zero-order valence-electron chi connectivity index (χ0n) is 8.26. The fourth-order valence-electron chi connectivity index (χ4n) is 1.39. The van der Waals surface area contributed by atoms with Crippen molar-refractivity contribution in [1.29, 1.82) is 0 Å². The third kappa shape index (κ3) is 3.26. The summed E-state index contributed by atoms with van der Waals surface area (Å²) < 4.78 is 1.02. The summed E-state index contributed by atoms with van der Waals surface area (Å²) in [6, 6.07) is 6.01. The molecule has 1 rings (SSSR count). The number of benzene rings is 1. The van der Waals surface area contributed by atoms with E-state index in [4.69, 9.17) is 17.3 Å². The number of nitrogens with two attached hydrogens (primary N) is 1. The summed E-state index contributed by atoms with van der Waals surface area (Å²) in [5.74, 6) is 0.536. The minimum Gasteiger partial charge on any atom is -0.330 e. The van der Waals surface area contributed by atoms with Crippen molar-refractivity contribution in [3.05, 3.63) is 33.3 Å². The van der Waals surface area contributed by atoms with E-state index in [-0.39, 0.29) is 0 Å². The third-order valence-electron chi connectivity index (χ3n) is 2.43. The summed E-state index contributed by atoms with van der Waals surface area (Å²) in [5, 5.41) is 0.825. The van der Waals surface area contributed by atoms with Crippen molar-refractivity contribution in [2.75, 3.05) is 6.54 Å². The first kappa shape index (κ1) is 12.0. The lowest BCUT2D eigenvalue weighted by Gasteiger charge is -2.13. The van der Waals surface area contributed by atoms with E-state index in [1.807, 2.05) is 12.1 Å². The Hall–Kier alpha value is -0.0500. The Balaban J connectivity index is 2.76. The number of hydrogen-bond acceptors (Lipinski definition) is 1. The van der Waals surface area contributed by atoms with Crippen molar-refractivity contribution < 1.29 is 0 Å². The molecule has 0 aliphatic carbocycles. The molecule has 0 aliphatic heterocycles. The van der Waals surface area contributed by atoms with Crippen molar-refractivity contribution in [3.63, 3.8) is 0 Å². The second-order valence-corrected chi connectivity index (χ2v) is 4.77. The van der Waals surface area contributed by atoms with Gasteiger partial charge in [-0.05, 0) is 36.6 Å². The summed E-state index contributed by atoms with van der Waals surface area (Å²) >= 11 is 9.50. The highest BCUT2D eigenvalue weighted by Gasteiger charge is 2.08. The van der Waals surface area contributed by atoms with Gasteiger partial charge in [0.05, 0.1) is 0 Å². The maximum Gasteiger partial charge on any atom is 0.0449 e. The van der Waals surface area contributed by atoms with Crippen LogP contribution >= 0.6 is 27.5 Å². The molecule has 1 nitrogen and oxygen atoms in total. The first-order valence-electron chi connectivity index (χ1n) is 4.81. The minimum absolute atomic E-state index is 0.536. The van der Waals surface area contributed by atoms with E-state index in [9.17, 15) is 0 Å². The lowest BCUT2D eigenvalue weighted by Crippen LogP contribution is -2.15. The summed E-state index contributed by atoms with van der Waals surface area (Å²) in [5.41, 5.74) is 6.85. The predicted molar refractivity (Wildman–Crippen MR) is 65.7 cm³/mol. The van der Waals surface area contributed by atoms with Crippen LogP contribution in [0.15, 0.2) is 22.7 Å². The molecule has 1 atom stereocenters. The Kier molecular flexibility index (Phi) is 4.93. The van der Waals surface area contributed by atoms with Gasteiger partial charge in [-0.2, -0.15) is 0 Å². The van der Waals surface area contributed by atoms with E-state index in [2.05, 4.69) is 28.9 Å². The van der Waals surface area contributed by atoms with Gasteiger partial charge in [0.1, 0.15) is 0 Å². The van der Waals surface area contributed by atoms with Gasteiger partial charge in [-0.15, -0.1) is 0 Å². The molecule has 0 amide bonds. The number of halogens is 2. The average Bonchev–Trinajstić information content (AvgIpc) is 2.17. The van der Waals surface area contributed by atoms with Gasteiger partial charge in [0, 0.05) is 9.50 Å². The maximum atomic E-state index is 6.12. The second-order valence-electron chi connectivity index (χ2n) is 3.45. The van der Waals surface area contributed by atoms with E-state index in [1.165, 1.54) is 5.56 Å². The van der Waals surface area contributed by atoms with Gasteiger partial charge in [0.2, 0.25) is 0 Å². The van der Waals surface area contributed by atoms with E-state index < -0.39 is 0 Å². The number of rotatable bonds is 4. The van der Waals surface area contributed by atoms with Crippen LogP contribution in [-0.2, 0) is 6.42 Å². The molecule has 0 aromatic heterocycles. The average molecular weight is 277 g/mol. The quantitative estimate of drug-likeness (QED) is 0.893. The lowest BCUT2D eigenvalue weighted by atomic mass is 9.97. The van der Waals surface area contributed by atoms with Crippen LogP contribution in [0.25, 0.3) is 0 Å². The van der Waals surface area contributed by atoms with Crippen LogP contribution in [0.3, 0.4) is 0 Å². The predicted octanol–water partition coefficient (Wildman–Crippen LogP) is 3.63. The molecule has 1 aromatic rings. The summed E-state index contributed by atoms with van der Waals surface area (Å²) in [4.78, 5) is 0. The molecule has 3 heteroatoms. The van der Waals surface area contributed by atoms with E-state index in [0.29, 0.717) is 5.92 Å². The van der Waals surface area contributed by atoms with Crippen molar-refractivity contribution >= 4 is 27.5 Å². The molecule has 0 aliphatic rings. The zero-order valence-corrected chi connectivity index (χ0v) is 10.6. The minimum atomic E-state index is 0.536. The fourth-order valence-corrected chi connectivity index (χ4v) is 2.14. The SMILES string of the molecule is CCC(CN)Cc1ccc(Br)cc1Cl. The Morgan fingerprint density at radius 3 is 2.71 bits per heavy atom. The molecular weight excluding hydrogens is 261 g/mol. The Labute approximate surface area is 98.8 Å². The normalized spacial score (nSPS) is 12.9. The van der Waals surface area contributed by atoms with Crippen molar-refractivity contribution in [2.45, 2.75) is 19.8 Å². The van der Waals surface area contributed by atoms with Gasteiger partial charge >= 0.3 is 0 Å². The zero-order chi connectivity index (χ0) is 10.6. The van der Waals surface area contributed by atoms with Gasteiger partial charge in [0.25, 0.3) is 0 Å². The van der Waals surface area contributed by atoms with Gasteiger partial charge in [-0.1, -0.05) is 46.9 Å². The van der Waals surface area contributed by atoms with Crippen LogP contribution in [-0.4, -0.2) is 6.54 Å². The third-order valence-corrected chi connectivity index (χ3v) is 3.28. The van der Waals surface area contributed by atoms with Crippen LogP contribution in [0.1, 0.15) is 18.9 Å². The molecule has 0 radical (unpaired) electrons. The Morgan fingerprint density at radius 2 is 2.21 bits per heavy atom. The maximum absolute atomic E-state index is 6.12. The topological polar surface area (TPSA) is 26.0 Å². The molecule has 78 valence electrons. The van der Waals surface area contributed by atoms with Crippen molar-refractivity contribution in [1.82, 2.24) is 0 Å². The molecule has 0 spiro atoms. The van der Waals surface area contributed by atoms with Gasteiger partial charge < -0.3 is 5.73 Å². The molecule has 2 N–H and O–H groups in total. The highest BCUT2D eigenvalue weighted by atomic mass is 79.9. The van der Waals surface area contributed by atoms with E-state index >= 15 is 0 Å². The molecule has 0 bridgehead atoms. The second kappa shape index (κ2) is 5.74. The monoisotopic (exact) mass is 275 g/mol. The molecule has 0 fully saturated rings. The first-order valence-corrected chi connectivity index (χ1v) is 5.98. The molecule has 1 unspecified atom stereocenters. The highest BCUT2D eigenvalue weighted by molar-refractivity contribution is 9.10. The van der Waals surface area contributed by atoms with Crippen LogP contribution < -0.4 is 5.73 Å². The molecule has 14 heavy (non-hydrogen) atoms. The number of hydrogen-bond donors (Lipinski definition) is 1. The van der Waals surface area contributed by atoms with Crippen LogP contribution in [0, 0.1) is 5.92 Å². The van der Waals surface area contributed by atoms with Crippen LogP contribution in [0.2, 0.25) is 5.02 Å². The van der Waals surface area contributed by atoms with Gasteiger partial charge in [-0.3, -0.25) is 0 Å². The van der Waals surface area contributed by atoms with Crippen molar-refractivity contribution in [2.24, 2.45) is 11.7 Å². The molecule has 1 aromatic carbocycles. The summed E-state index contributed by atoms with van der Waals surface area (Å²) in [6.07, 6.45) is 2.07. The Bertz CT molecular complexity index is 297. The molecule has 0 saturated carbocycles. The standard InChI is InChI=1S/C11H15BrClN/c1-2-8(7-14)5-9-3-4-10(12)6-11(9)13/h3-4,6,8H,2,5,7,14H2,1H3. The van der Waals surface area contributed by atoms with Crippen molar-refractivity contribution in [3.8, 4) is 0 Å². The van der Waals surface area contributed by atoms with Crippen LogP contribution in [0.5, 0.6) is 0 Å². The van der Waals surface area contributed by atoms with Gasteiger partial charge in [-0.25, -0.2) is 0 Å². The highest BCUT2D eigenvalue weighted by Crippen LogP contribution is 2.24. The molecule has 0 saturated heterocycles. The first-order chi connectivity index (χ1) is 6.67. The van der Waals surface area contributed by atoms with E-state index in [1.54, 1.807) is 0 Å². The van der Waals surface area contributed by atoms with Gasteiger partial charge in [0.15, 0.2) is 0 Å². The summed E-state index contributed by atoms with van der Waals surface area (Å²) in [7, 11) is 0. The fraction of sp³-hybridized carbons (Fsp3) is 0.455. The lowest BCUT2D eigenvalue weighted by molar-refractivity contribution is 0.519. The van der Waals surface area contributed by atoms with Crippen LogP contribution in [0.4, 0.5) is 0 Å². The Morgan fingerprint density at radius 1 is 1.50 bits per heavy atom.